The molecule has 2 aliphatic rings. The number of carbonyl (C=O) groups excluding carboxylic acids is 1. The van der Waals surface area contributed by atoms with Gasteiger partial charge in [0.2, 0.25) is 0 Å². The quantitative estimate of drug-likeness (QED) is 0.859. The molecule has 2 aromatic heterocycles. The molecule has 0 aromatic carbocycles. The van der Waals surface area contributed by atoms with Crippen molar-refractivity contribution in [3.63, 3.8) is 0 Å². The highest BCUT2D eigenvalue weighted by atomic mass is 16.2. The van der Waals surface area contributed by atoms with Gasteiger partial charge in [0.25, 0.3) is 5.91 Å². The highest BCUT2D eigenvalue weighted by Gasteiger charge is 2.53. The van der Waals surface area contributed by atoms with Crippen molar-refractivity contribution in [1.29, 1.82) is 0 Å². The smallest absolute Gasteiger partial charge is 0.289 e. The largest absolute Gasteiger partial charge is 0.335 e. The zero-order valence-electron chi connectivity index (χ0n) is 13.6. The van der Waals surface area contributed by atoms with E-state index in [1.165, 1.54) is 19.3 Å². The summed E-state index contributed by atoms with van der Waals surface area (Å²) >= 11 is 0. The monoisotopic (exact) mass is 314 g/mol. The lowest BCUT2D eigenvalue weighted by Gasteiger charge is -2.42. The summed E-state index contributed by atoms with van der Waals surface area (Å²) in [4.78, 5) is 19.0. The first kappa shape index (κ1) is 14.4. The van der Waals surface area contributed by atoms with E-state index in [1.54, 1.807) is 17.1 Å². The molecule has 4 rings (SSSR count). The second kappa shape index (κ2) is 5.18. The molecule has 2 aromatic rings. The Labute approximate surface area is 135 Å². The second-order valence-corrected chi connectivity index (χ2v) is 6.79. The molecule has 2 fully saturated rings. The first-order valence-electron chi connectivity index (χ1n) is 8.29. The minimum absolute atomic E-state index is 0.0221. The number of nitrogens with zero attached hydrogens (tertiary/aromatic N) is 6. The summed E-state index contributed by atoms with van der Waals surface area (Å²) in [5, 5.41) is 8.46. The zero-order chi connectivity index (χ0) is 16.0. The van der Waals surface area contributed by atoms with Gasteiger partial charge in [0.05, 0.1) is 0 Å². The van der Waals surface area contributed by atoms with Gasteiger partial charge in [0, 0.05) is 45.0 Å². The van der Waals surface area contributed by atoms with Gasteiger partial charge in [-0.3, -0.25) is 4.79 Å². The molecule has 122 valence electrons. The van der Waals surface area contributed by atoms with Crippen molar-refractivity contribution in [3.05, 3.63) is 30.4 Å². The molecule has 1 aliphatic carbocycles. The topological polar surface area (TPSA) is 68.8 Å². The van der Waals surface area contributed by atoms with Crippen molar-refractivity contribution < 1.29 is 4.79 Å². The first-order valence-corrected chi connectivity index (χ1v) is 8.29. The summed E-state index contributed by atoms with van der Waals surface area (Å²) in [6.07, 6.45) is 8.85. The van der Waals surface area contributed by atoms with Crippen LogP contribution in [-0.4, -0.2) is 48.2 Å². The van der Waals surface area contributed by atoms with E-state index in [0.717, 1.165) is 18.9 Å². The Balaban J connectivity index is 1.64. The average Bonchev–Trinajstić information content (AvgIpc) is 3.22. The lowest BCUT2D eigenvalue weighted by Crippen LogP contribution is -2.38. The molecule has 1 aliphatic heterocycles. The SMILES string of the molecule is CCn1cnnc1C1CN(C(=O)c2nccn2C)CC12CCC2. The maximum atomic E-state index is 12.8. The van der Waals surface area contributed by atoms with Crippen molar-refractivity contribution in [2.24, 2.45) is 12.5 Å². The van der Waals surface area contributed by atoms with Gasteiger partial charge in [-0.1, -0.05) is 6.42 Å². The Morgan fingerprint density at radius 3 is 2.87 bits per heavy atom. The normalized spacial score (nSPS) is 22.5. The predicted molar refractivity (Wildman–Crippen MR) is 83.8 cm³/mol. The van der Waals surface area contributed by atoms with Gasteiger partial charge in [-0.05, 0) is 25.2 Å². The van der Waals surface area contributed by atoms with Crippen molar-refractivity contribution in [2.75, 3.05) is 13.1 Å². The molecule has 0 N–H and O–H groups in total. The van der Waals surface area contributed by atoms with E-state index in [0.29, 0.717) is 12.4 Å². The van der Waals surface area contributed by atoms with Gasteiger partial charge in [-0.2, -0.15) is 0 Å². The molecule has 0 bridgehead atoms. The van der Waals surface area contributed by atoms with Crippen molar-refractivity contribution in [3.8, 4) is 0 Å². The molecule has 1 spiro atoms. The van der Waals surface area contributed by atoms with Gasteiger partial charge in [0.15, 0.2) is 5.82 Å². The molecule has 1 unspecified atom stereocenters. The molecule has 1 saturated heterocycles. The highest BCUT2D eigenvalue weighted by Crippen LogP contribution is 2.55. The van der Waals surface area contributed by atoms with Crippen LogP contribution in [0.3, 0.4) is 0 Å². The van der Waals surface area contributed by atoms with Crippen LogP contribution < -0.4 is 0 Å². The number of hydrogen-bond acceptors (Lipinski definition) is 4. The van der Waals surface area contributed by atoms with Crippen LogP contribution >= 0.6 is 0 Å². The van der Waals surface area contributed by atoms with Gasteiger partial charge in [-0.15, -0.1) is 10.2 Å². The third-order valence-corrected chi connectivity index (χ3v) is 5.59. The summed E-state index contributed by atoms with van der Waals surface area (Å²) in [7, 11) is 1.86. The Morgan fingerprint density at radius 1 is 1.43 bits per heavy atom. The fraction of sp³-hybridized carbons (Fsp3) is 0.625. The lowest BCUT2D eigenvalue weighted by molar-refractivity contribution is 0.0708. The molecule has 7 heteroatoms. The molecule has 23 heavy (non-hydrogen) atoms. The standard InChI is InChI=1S/C16H22N6O/c1-3-21-11-18-19-13(21)12-9-22(10-16(12)5-4-6-16)15(23)14-17-7-8-20(14)2/h7-8,11-12H,3-6,9-10H2,1-2H3. The number of imidazole rings is 1. The van der Waals surface area contributed by atoms with E-state index in [4.69, 9.17) is 0 Å². The molecule has 3 heterocycles. The molecular formula is C16H22N6O. The van der Waals surface area contributed by atoms with Crippen LogP contribution in [0.15, 0.2) is 18.7 Å². The zero-order valence-corrected chi connectivity index (χ0v) is 13.6. The Bertz CT molecular complexity index is 729. The molecular weight excluding hydrogens is 292 g/mol. The minimum Gasteiger partial charge on any atom is -0.335 e. The van der Waals surface area contributed by atoms with E-state index in [9.17, 15) is 4.79 Å². The van der Waals surface area contributed by atoms with E-state index in [2.05, 4.69) is 26.7 Å². The first-order chi connectivity index (χ1) is 11.1. The van der Waals surface area contributed by atoms with Crippen LogP contribution in [-0.2, 0) is 13.6 Å². The third-order valence-electron chi connectivity index (χ3n) is 5.59. The van der Waals surface area contributed by atoms with Gasteiger partial charge in [0.1, 0.15) is 12.2 Å². The summed E-state index contributed by atoms with van der Waals surface area (Å²) in [5.41, 5.74) is 0.181. The number of aromatic nitrogens is 5. The number of hydrogen-bond donors (Lipinski definition) is 0. The number of amides is 1. The van der Waals surface area contributed by atoms with Gasteiger partial charge in [-0.25, -0.2) is 4.98 Å². The third kappa shape index (κ3) is 2.09. The molecule has 1 atom stereocenters. The van der Waals surface area contributed by atoms with Gasteiger partial charge < -0.3 is 14.0 Å². The molecule has 0 radical (unpaired) electrons. The van der Waals surface area contributed by atoms with Crippen LogP contribution in [0.5, 0.6) is 0 Å². The molecule has 7 nitrogen and oxygen atoms in total. The summed E-state index contributed by atoms with van der Waals surface area (Å²) in [6, 6.07) is 0. The maximum absolute atomic E-state index is 12.8. The number of rotatable bonds is 3. The Hall–Kier alpha value is -2.18. The van der Waals surface area contributed by atoms with Crippen LogP contribution in [0, 0.1) is 5.41 Å². The van der Waals surface area contributed by atoms with E-state index in [-0.39, 0.29) is 17.2 Å². The molecule has 1 saturated carbocycles. The summed E-state index contributed by atoms with van der Waals surface area (Å²) < 4.78 is 3.90. The van der Waals surface area contributed by atoms with Crippen molar-refractivity contribution in [2.45, 2.75) is 38.6 Å². The van der Waals surface area contributed by atoms with Crippen LogP contribution in [0.25, 0.3) is 0 Å². The Kier molecular flexibility index (Phi) is 3.25. The lowest BCUT2D eigenvalue weighted by atomic mass is 9.62. The summed E-state index contributed by atoms with van der Waals surface area (Å²) in [6.45, 7) is 4.48. The fourth-order valence-electron chi connectivity index (χ4n) is 4.11. The van der Waals surface area contributed by atoms with E-state index in [1.807, 2.05) is 18.1 Å². The average molecular weight is 314 g/mol. The highest BCUT2D eigenvalue weighted by molar-refractivity contribution is 5.91. The molecule has 1 amide bonds. The maximum Gasteiger partial charge on any atom is 0.289 e. The van der Waals surface area contributed by atoms with E-state index < -0.39 is 0 Å². The number of aryl methyl sites for hydroxylation is 2. The van der Waals surface area contributed by atoms with Crippen molar-refractivity contribution in [1.82, 2.24) is 29.2 Å². The van der Waals surface area contributed by atoms with Crippen LogP contribution in [0.2, 0.25) is 0 Å². The number of carbonyl (C=O) groups is 1. The van der Waals surface area contributed by atoms with Crippen LogP contribution in [0.1, 0.15) is 48.5 Å². The summed E-state index contributed by atoms with van der Waals surface area (Å²) in [5.74, 6) is 1.84. The predicted octanol–water partition coefficient (Wildman–Crippen LogP) is 1.44. The van der Waals surface area contributed by atoms with Gasteiger partial charge >= 0.3 is 0 Å². The van der Waals surface area contributed by atoms with E-state index >= 15 is 0 Å². The second-order valence-electron chi connectivity index (χ2n) is 6.79. The fourth-order valence-corrected chi connectivity index (χ4v) is 4.11. The Morgan fingerprint density at radius 2 is 2.26 bits per heavy atom. The van der Waals surface area contributed by atoms with Crippen LogP contribution in [0.4, 0.5) is 0 Å². The number of likely N-dealkylation sites (tertiary alicyclic amines) is 1. The minimum atomic E-state index is 0.0221. The van der Waals surface area contributed by atoms with Crippen molar-refractivity contribution >= 4 is 5.91 Å².